The summed E-state index contributed by atoms with van der Waals surface area (Å²) in [6.45, 7) is 9.01. The lowest BCUT2D eigenvalue weighted by molar-refractivity contribution is -0.384. The molecule has 3 aliphatic rings. The molecule has 0 unspecified atom stereocenters. The number of anilines is 2. The first-order chi connectivity index (χ1) is 29.2. The number of nitro benzene ring substituents is 1. The molecule has 1 saturated carbocycles. The molecule has 0 atom stereocenters. The maximum atomic E-state index is 13.9. The zero-order valence-electron chi connectivity index (χ0n) is 34.0. The van der Waals surface area contributed by atoms with Crippen LogP contribution in [0.5, 0.6) is 11.5 Å². The van der Waals surface area contributed by atoms with Crippen molar-refractivity contribution in [3.8, 4) is 17.6 Å². The average molecular weight is 863 g/mol. The van der Waals surface area contributed by atoms with Crippen LogP contribution in [0.3, 0.4) is 0 Å². The van der Waals surface area contributed by atoms with Crippen LogP contribution in [-0.2, 0) is 10.0 Å². The quantitative estimate of drug-likeness (QED) is 0.0759. The third-order valence-corrected chi connectivity index (χ3v) is 13.6. The second-order valence-corrected chi connectivity index (χ2v) is 19.1. The van der Waals surface area contributed by atoms with Crippen molar-refractivity contribution in [1.29, 1.82) is 5.26 Å². The first kappa shape index (κ1) is 41.8. The van der Waals surface area contributed by atoms with E-state index in [4.69, 9.17) is 21.6 Å². The van der Waals surface area contributed by atoms with Crippen molar-refractivity contribution in [2.45, 2.75) is 50.8 Å². The molecule has 1 saturated heterocycles. The predicted molar refractivity (Wildman–Crippen MR) is 235 cm³/mol. The van der Waals surface area contributed by atoms with E-state index in [1.807, 2.05) is 18.2 Å². The predicted octanol–water partition coefficient (Wildman–Crippen LogP) is 8.78. The number of halogens is 1. The second kappa shape index (κ2) is 17.2. The van der Waals surface area contributed by atoms with Crippen LogP contribution in [-0.4, -0.2) is 73.4 Å². The molecule has 3 heterocycles. The normalized spacial score (nSPS) is 19.2. The highest BCUT2D eigenvalue weighted by Gasteiger charge is 2.32. The molecule has 61 heavy (non-hydrogen) atoms. The highest BCUT2D eigenvalue weighted by Crippen LogP contribution is 2.44. The number of carbonyl (C=O) groups excluding carboxylic acids is 1. The van der Waals surface area contributed by atoms with Crippen molar-refractivity contribution >= 4 is 61.2 Å². The molecular formula is C45H47ClN8O6S. The lowest BCUT2D eigenvalue weighted by atomic mass is 9.72. The van der Waals surface area contributed by atoms with Gasteiger partial charge in [0.15, 0.2) is 0 Å². The Balaban J connectivity index is 1.00. The third-order valence-electron chi connectivity index (χ3n) is 12.0. The first-order valence-corrected chi connectivity index (χ1v) is 22.3. The minimum Gasteiger partial charge on any atom is -0.455 e. The largest absolute Gasteiger partial charge is 0.455 e. The number of H-pyrrole nitrogens is 1. The molecule has 0 spiro atoms. The molecule has 5 aromatic rings. The molecule has 3 N–H and O–H groups in total. The van der Waals surface area contributed by atoms with E-state index in [1.54, 1.807) is 24.4 Å². The molecule has 316 valence electrons. The zero-order chi connectivity index (χ0) is 42.9. The van der Waals surface area contributed by atoms with Crippen LogP contribution in [0.15, 0.2) is 95.7 Å². The molecule has 2 fully saturated rings. The summed E-state index contributed by atoms with van der Waals surface area (Å²) >= 11 is 6.23. The summed E-state index contributed by atoms with van der Waals surface area (Å²) in [7, 11) is -4.57. The molecule has 16 heteroatoms. The maximum absolute atomic E-state index is 13.9. The number of nitrogens with zero attached hydrogens (tertiary/aromatic N) is 5. The number of nitriles is 1. The number of sulfonamides is 1. The lowest BCUT2D eigenvalue weighted by Gasteiger charge is -2.39. The number of aromatic nitrogens is 2. The fourth-order valence-electron chi connectivity index (χ4n) is 8.46. The highest BCUT2D eigenvalue weighted by atomic mass is 35.5. The van der Waals surface area contributed by atoms with Gasteiger partial charge in [0.05, 0.1) is 27.6 Å². The smallest absolute Gasteiger partial charge is 0.293 e. The van der Waals surface area contributed by atoms with Crippen molar-refractivity contribution < 1.29 is 22.9 Å². The topological polar surface area (TPSA) is 187 Å². The van der Waals surface area contributed by atoms with Gasteiger partial charge in [-0.2, -0.15) is 5.26 Å². The van der Waals surface area contributed by atoms with Crippen LogP contribution >= 0.6 is 11.6 Å². The zero-order valence-corrected chi connectivity index (χ0v) is 35.6. The van der Waals surface area contributed by atoms with Crippen LogP contribution in [0.4, 0.5) is 17.1 Å². The van der Waals surface area contributed by atoms with Gasteiger partial charge in [-0.3, -0.25) is 19.8 Å². The summed E-state index contributed by atoms with van der Waals surface area (Å²) < 4.78 is 35.7. The van der Waals surface area contributed by atoms with Gasteiger partial charge in [0.25, 0.3) is 21.6 Å². The van der Waals surface area contributed by atoms with E-state index in [9.17, 15) is 23.3 Å². The number of hydrogen-bond donors (Lipinski definition) is 3. The molecule has 1 amide bonds. The summed E-state index contributed by atoms with van der Waals surface area (Å²) in [4.78, 5) is 36.9. The van der Waals surface area contributed by atoms with E-state index in [1.165, 1.54) is 41.1 Å². The van der Waals surface area contributed by atoms with Crippen molar-refractivity contribution in [1.82, 2.24) is 19.6 Å². The summed E-state index contributed by atoms with van der Waals surface area (Å²) in [5, 5.41) is 25.6. The maximum Gasteiger partial charge on any atom is 0.293 e. The van der Waals surface area contributed by atoms with E-state index in [-0.39, 0.29) is 34.3 Å². The van der Waals surface area contributed by atoms with E-state index >= 15 is 0 Å². The van der Waals surface area contributed by atoms with Crippen LogP contribution in [0.25, 0.3) is 16.6 Å². The number of aromatic amines is 1. The summed E-state index contributed by atoms with van der Waals surface area (Å²) in [6.07, 6.45) is 7.84. The number of benzene rings is 3. The Morgan fingerprint density at radius 1 is 1.07 bits per heavy atom. The number of fused-ring (bicyclic) bond motifs is 1. The number of pyridine rings is 1. The molecular weight excluding hydrogens is 816 g/mol. The standard InChI is InChI=1S/C45H47ClN8O6S/c1-45(2)13-11-33(39(24-45)31-3-5-34(46)6-4-31)28-52-15-17-53(18-16-52)35-7-9-38(42(22-35)60-36-21-32-12-14-48-43(32)50-27-36)44(55)51-61(58,59)37-8-10-40(41(23-37)54(56)57)49-26-30-19-29(20-30)25-47/h3-10,12,14,21-23,27,29-30,49H,11,13,15-20,24,26,28H2,1-2H3,(H,48,50)(H,51,55)/t29-,30-. The van der Waals surface area contributed by atoms with Gasteiger partial charge in [0.2, 0.25) is 0 Å². The number of hydrogen-bond acceptors (Lipinski definition) is 11. The third kappa shape index (κ3) is 9.52. The summed E-state index contributed by atoms with van der Waals surface area (Å²) in [5.41, 5.74) is 5.42. The van der Waals surface area contributed by atoms with Gasteiger partial charge in [-0.1, -0.05) is 43.2 Å². The Morgan fingerprint density at radius 2 is 1.84 bits per heavy atom. The van der Waals surface area contributed by atoms with Crippen molar-refractivity contribution in [2.24, 2.45) is 17.3 Å². The van der Waals surface area contributed by atoms with E-state index in [2.05, 4.69) is 61.9 Å². The van der Waals surface area contributed by atoms with Crippen LogP contribution in [0, 0.1) is 38.7 Å². The van der Waals surface area contributed by atoms with Gasteiger partial charge in [-0.15, -0.1) is 0 Å². The Hall–Kier alpha value is -5.95. The minimum absolute atomic E-state index is 0.0196. The Morgan fingerprint density at radius 3 is 2.57 bits per heavy atom. The van der Waals surface area contributed by atoms with Crippen molar-refractivity contribution in [3.63, 3.8) is 0 Å². The number of nitro groups is 1. The van der Waals surface area contributed by atoms with E-state index in [0.717, 1.165) is 74.1 Å². The molecule has 3 aromatic carbocycles. The number of allylic oxidation sites excluding steroid dienone is 1. The number of carbonyl (C=O) groups is 1. The molecule has 2 aromatic heterocycles. The molecule has 0 bridgehead atoms. The first-order valence-electron chi connectivity index (χ1n) is 20.4. The lowest BCUT2D eigenvalue weighted by Crippen LogP contribution is -2.47. The molecule has 0 radical (unpaired) electrons. The Kier molecular flexibility index (Phi) is 11.8. The van der Waals surface area contributed by atoms with Crippen molar-refractivity contribution in [2.75, 3.05) is 49.5 Å². The second-order valence-electron chi connectivity index (χ2n) is 17.0. The minimum atomic E-state index is -4.57. The highest BCUT2D eigenvalue weighted by molar-refractivity contribution is 7.90. The van der Waals surface area contributed by atoms with E-state index < -0.39 is 31.4 Å². The monoisotopic (exact) mass is 862 g/mol. The van der Waals surface area contributed by atoms with Gasteiger partial charge in [-0.05, 0) is 103 Å². The number of nitrogens with one attached hydrogen (secondary N) is 3. The average Bonchev–Trinajstić information content (AvgIpc) is 3.69. The number of ether oxygens (including phenoxy) is 1. The van der Waals surface area contributed by atoms with Crippen molar-refractivity contribution in [3.05, 3.63) is 117 Å². The molecule has 8 rings (SSSR count). The SMILES string of the molecule is CC1(C)CCC(CN2CCN(c3ccc(C(=O)NS(=O)(=O)c4ccc(NC[C@H]5C[C@H](C#N)C5)c([N+](=O)[O-])c4)c(Oc4cnc5[nH]ccc5c4)c3)CC2)=C(c2ccc(Cl)cc2)C1. The van der Waals surface area contributed by atoms with Gasteiger partial charge in [0, 0.05) is 79.6 Å². The fourth-order valence-corrected chi connectivity index (χ4v) is 9.57. The van der Waals surface area contributed by atoms with E-state index in [0.29, 0.717) is 30.8 Å². The fraction of sp³-hybridized carbons (Fsp3) is 0.356. The van der Waals surface area contributed by atoms with Crippen LogP contribution < -0.4 is 19.7 Å². The Labute approximate surface area is 359 Å². The molecule has 2 aliphatic carbocycles. The molecule has 1 aliphatic heterocycles. The van der Waals surface area contributed by atoms with Gasteiger partial charge >= 0.3 is 0 Å². The van der Waals surface area contributed by atoms with Crippen LogP contribution in [0.1, 0.15) is 61.9 Å². The number of piperazine rings is 1. The van der Waals surface area contributed by atoms with Gasteiger partial charge in [-0.25, -0.2) is 18.1 Å². The van der Waals surface area contributed by atoms with Crippen LogP contribution in [0.2, 0.25) is 5.02 Å². The summed E-state index contributed by atoms with van der Waals surface area (Å²) in [5.74, 6) is -0.340. The number of amides is 1. The van der Waals surface area contributed by atoms with Gasteiger partial charge < -0.3 is 19.9 Å². The molecule has 14 nitrogen and oxygen atoms in total. The summed E-state index contributed by atoms with van der Waals surface area (Å²) in [6, 6.07) is 22.5. The van der Waals surface area contributed by atoms with Gasteiger partial charge in [0.1, 0.15) is 22.8 Å². The Bertz CT molecular complexity index is 2660. The number of rotatable bonds is 13.